The van der Waals surface area contributed by atoms with Crippen molar-refractivity contribution < 1.29 is 14.3 Å². The van der Waals surface area contributed by atoms with Crippen molar-refractivity contribution in [2.45, 2.75) is 25.9 Å². The third-order valence-electron chi connectivity index (χ3n) is 4.63. The van der Waals surface area contributed by atoms with Crippen molar-refractivity contribution in [3.63, 3.8) is 0 Å². The summed E-state index contributed by atoms with van der Waals surface area (Å²) in [5.41, 5.74) is 4.82. The molecule has 2 N–H and O–H groups in total. The molecule has 0 fully saturated rings. The van der Waals surface area contributed by atoms with Gasteiger partial charge in [-0.15, -0.1) is 0 Å². The number of amides is 2. The topological polar surface area (TPSA) is 79.8 Å². The van der Waals surface area contributed by atoms with E-state index in [9.17, 15) is 9.59 Å². The first-order valence-electron chi connectivity index (χ1n) is 10.4. The molecule has 0 saturated carbocycles. The molecule has 0 radical (unpaired) electrons. The van der Waals surface area contributed by atoms with Crippen molar-refractivity contribution >= 4 is 62.8 Å². The van der Waals surface area contributed by atoms with E-state index < -0.39 is 0 Å². The summed E-state index contributed by atoms with van der Waals surface area (Å²) in [6.07, 6.45) is 2.41. The van der Waals surface area contributed by atoms with Gasteiger partial charge in [0.2, 0.25) is 11.8 Å². The lowest BCUT2D eigenvalue weighted by Crippen LogP contribution is -2.18. The number of nitrogens with one attached hydrogen (secondary N) is 2. The number of rotatable bonds is 10. The molecule has 0 atom stereocenters. The zero-order valence-corrected chi connectivity index (χ0v) is 21.2. The van der Waals surface area contributed by atoms with Crippen LogP contribution in [0.2, 0.25) is 10.0 Å². The second-order valence-corrected chi connectivity index (χ2v) is 9.05. The number of carbonyl (C=O) groups is 2. The van der Waals surface area contributed by atoms with E-state index in [1.165, 1.54) is 6.21 Å². The Bertz CT molecular complexity index is 1150. The zero-order valence-electron chi connectivity index (χ0n) is 18.1. The van der Waals surface area contributed by atoms with Crippen LogP contribution in [0.1, 0.15) is 30.4 Å². The maximum atomic E-state index is 12.0. The predicted molar refractivity (Wildman–Crippen MR) is 140 cm³/mol. The molecule has 0 aliphatic heterocycles. The van der Waals surface area contributed by atoms with E-state index in [2.05, 4.69) is 31.8 Å². The van der Waals surface area contributed by atoms with Crippen molar-refractivity contribution in [1.82, 2.24) is 5.43 Å². The van der Waals surface area contributed by atoms with E-state index >= 15 is 0 Å². The molecule has 0 aliphatic rings. The van der Waals surface area contributed by atoms with Gasteiger partial charge < -0.3 is 10.1 Å². The summed E-state index contributed by atoms with van der Waals surface area (Å²) in [4.78, 5) is 23.9. The predicted octanol–water partition coefficient (Wildman–Crippen LogP) is 6.59. The highest BCUT2D eigenvalue weighted by atomic mass is 79.9. The van der Waals surface area contributed by atoms with E-state index in [1.54, 1.807) is 36.4 Å². The van der Waals surface area contributed by atoms with Crippen molar-refractivity contribution in [2.75, 3.05) is 5.32 Å². The number of anilines is 1. The van der Waals surface area contributed by atoms with Gasteiger partial charge in [-0.05, 0) is 72.6 Å². The summed E-state index contributed by atoms with van der Waals surface area (Å²) in [6.45, 7) is 0.320. The van der Waals surface area contributed by atoms with Crippen LogP contribution >= 0.6 is 39.1 Å². The molecule has 2 amide bonds. The number of ether oxygens (including phenoxy) is 1. The maximum Gasteiger partial charge on any atom is 0.240 e. The average Bonchev–Trinajstić information content (AvgIpc) is 2.81. The minimum atomic E-state index is -0.257. The van der Waals surface area contributed by atoms with Gasteiger partial charge in [0.1, 0.15) is 12.4 Å². The number of hydrogen-bond donors (Lipinski definition) is 2. The van der Waals surface area contributed by atoms with Crippen molar-refractivity contribution in [2.24, 2.45) is 5.10 Å². The second kappa shape index (κ2) is 13.1. The fourth-order valence-electron chi connectivity index (χ4n) is 2.85. The molecule has 0 heterocycles. The van der Waals surface area contributed by atoms with Gasteiger partial charge in [-0.3, -0.25) is 9.59 Å². The summed E-state index contributed by atoms with van der Waals surface area (Å²) < 4.78 is 6.68. The van der Waals surface area contributed by atoms with Gasteiger partial charge in [0.05, 0.1) is 6.21 Å². The van der Waals surface area contributed by atoms with Crippen LogP contribution in [-0.4, -0.2) is 18.0 Å². The third kappa shape index (κ3) is 8.82. The Labute approximate surface area is 216 Å². The lowest BCUT2D eigenvalue weighted by molar-refractivity contribution is -0.121. The lowest BCUT2D eigenvalue weighted by atomic mass is 10.2. The highest BCUT2D eigenvalue weighted by molar-refractivity contribution is 9.10. The van der Waals surface area contributed by atoms with Crippen LogP contribution in [0.5, 0.6) is 5.75 Å². The Morgan fingerprint density at radius 3 is 2.35 bits per heavy atom. The summed E-state index contributed by atoms with van der Waals surface area (Å²) in [6, 6.07) is 19.8. The monoisotopic (exact) mass is 561 g/mol. The standard InChI is InChI=1S/C25H22BrCl2N3O3/c26-19-7-10-21(11-8-19)30-24(32)2-1-3-25(33)31-29-15-17-4-12-22(13-5-17)34-16-18-6-9-20(27)14-23(18)28/h4-15H,1-3,16H2,(H,30,32)(H,31,33)/b29-15-. The molecule has 0 bridgehead atoms. The van der Waals surface area contributed by atoms with Gasteiger partial charge in [0.15, 0.2) is 0 Å². The molecular formula is C25H22BrCl2N3O3. The summed E-state index contributed by atoms with van der Waals surface area (Å²) in [7, 11) is 0. The molecule has 176 valence electrons. The van der Waals surface area contributed by atoms with Crippen LogP contribution in [0, 0.1) is 0 Å². The number of halogens is 3. The van der Waals surface area contributed by atoms with Crippen molar-refractivity contribution in [3.8, 4) is 5.75 Å². The lowest BCUT2D eigenvalue weighted by Gasteiger charge is -2.08. The molecule has 0 spiro atoms. The first-order chi connectivity index (χ1) is 16.4. The molecular weight excluding hydrogens is 541 g/mol. The van der Waals surface area contributed by atoms with Crippen molar-refractivity contribution in [1.29, 1.82) is 0 Å². The summed E-state index contributed by atoms with van der Waals surface area (Å²) >= 11 is 15.4. The highest BCUT2D eigenvalue weighted by Gasteiger charge is 2.06. The minimum Gasteiger partial charge on any atom is -0.489 e. The molecule has 0 saturated heterocycles. The normalized spacial score (nSPS) is 10.8. The Balaban J connectivity index is 1.35. The van der Waals surface area contributed by atoms with E-state index in [1.807, 2.05) is 30.3 Å². The first-order valence-corrected chi connectivity index (χ1v) is 12.0. The second-order valence-electron chi connectivity index (χ2n) is 7.30. The van der Waals surface area contributed by atoms with Gasteiger partial charge in [-0.2, -0.15) is 5.10 Å². The first kappa shape index (κ1) is 25.7. The number of benzene rings is 3. The van der Waals surface area contributed by atoms with Gasteiger partial charge in [0.25, 0.3) is 0 Å². The Morgan fingerprint density at radius 1 is 0.941 bits per heavy atom. The van der Waals surface area contributed by atoms with Gasteiger partial charge in [0, 0.05) is 38.6 Å². The SMILES string of the molecule is O=C(CCCC(=O)Nc1ccc(Br)cc1)N/N=C\c1ccc(OCc2ccc(Cl)cc2Cl)cc1. The zero-order chi connectivity index (χ0) is 24.3. The van der Waals surface area contributed by atoms with Crippen LogP contribution < -0.4 is 15.5 Å². The van der Waals surface area contributed by atoms with Crippen LogP contribution in [0.25, 0.3) is 0 Å². The molecule has 34 heavy (non-hydrogen) atoms. The van der Waals surface area contributed by atoms with Crippen LogP contribution in [-0.2, 0) is 16.2 Å². The van der Waals surface area contributed by atoms with Crippen LogP contribution in [0.3, 0.4) is 0 Å². The van der Waals surface area contributed by atoms with E-state index in [-0.39, 0.29) is 24.7 Å². The maximum absolute atomic E-state index is 12.0. The molecule has 0 aromatic heterocycles. The largest absolute Gasteiger partial charge is 0.489 e. The summed E-state index contributed by atoms with van der Waals surface area (Å²) in [5, 5.41) is 7.88. The van der Waals surface area contributed by atoms with E-state index in [0.717, 1.165) is 15.6 Å². The van der Waals surface area contributed by atoms with E-state index in [4.69, 9.17) is 27.9 Å². The molecule has 0 unspecified atom stereocenters. The van der Waals surface area contributed by atoms with Crippen LogP contribution in [0.15, 0.2) is 76.3 Å². The number of carbonyl (C=O) groups excluding carboxylic acids is 2. The van der Waals surface area contributed by atoms with Crippen LogP contribution in [0.4, 0.5) is 5.69 Å². The number of hydrogen-bond acceptors (Lipinski definition) is 4. The number of hydrazone groups is 1. The smallest absolute Gasteiger partial charge is 0.240 e. The van der Waals surface area contributed by atoms with Gasteiger partial charge in [-0.25, -0.2) is 5.43 Å². The van der Waals surface area contributed by atoms with E-state index in [0.29, 0.717) is 34.5 Å². The Kier molecular flexibility index (Phi) is 9.94. The van der Waals surface area contributed by atoms with Gasteiger partial charge >= 0.3 is 0 Å². The Hall–Kier alpha value is -2.87. The fourth-order valence-corrected chi connectivity index (χ4v) is 3.58. The molecule has 3 rings (SSSR count). The minimum absolute atomic E-state index is 0.140. The molecule has 0 aliphatic carbocycles. The van der Waals surface area contributed by atoms with Crippen molar-refractivity contribution in [3.05, 3.63) is 92.4 Å². The quantitative estimate of drug-likeness (QED) is 0.216. The fraction of sp³-hybridized carbons (Fsp3) is 0.160. The average molecular weight is 563 g/mol. The molecule has 9 heteroatoms. The van der Waals surface area contributed by atoms with Gasteiger partial charge in [-0.1, -0.05) is 45.2 Å². The highest BCUT2D eigenvalue weighted by Crippen LogP contribution is 2.23. The molecule has 6 nitrogen and oxygen atoms in total. The summed E-state index contributed by atoms with van der Waals surface area (Å²) in [5.74, 6) is 0.278. The Morgan fingerprint density at radius 2 is 1.65 bits per heavy atom. The number of nitrogens with zero attached hydrogens (tertiary/aromatic N) is 1. The third-order valence-corrected chi connectivity index (χ3v) is 5.74. The molecule has 3 aromatic carbocycles. The molecule has 3 aromatic rings.